The van der Waals surface area contributed by atoms with Crippen LogP contribution in [0.1, 0.15) is 37.4 Å². The first-order valence-electron chi connectivity index (χ1n) is 7.27. The van der Waals surface area contributed by atoms with Crippen LogP contribution < -0.4 is 0 Å². The first-order chi connectivity index (χ1) is 9.50. The fraction of sp³-hybridized carbons (Fsp3) is 0.368. The van der Waals surface area contributed by atoms with Crippen molar-refractivity contribution >= 4 is 0 Å². The van der Waals surface area contributed by atoms with E-state index in [1.807, 2.05) is 0 Å². The van der Waals surface area contributed by atoms with Gasteiger partial charge in [0.15, 0.2) is 0 Å². The molecule has 0 saturated heterocycles. The zero-order valence-corrected chi connectivity index (χ0v) is 13.0. The third-order valence-electron chi connectivity index (χ3n) is 4.07. The van der Waals surface area contributed by atoms with Crippen LogP contribution in [0.25, 0.3) is 0 Å². The minimum absolute atomic E-state index is 0.159. The Balaban J connectivity index is 2.25. The van der Waals surface area contributed by atoms with Crippen LogP contribution >= 0.6 is 0 Å². The van der Waals surface area contributed by atoms with E-state index in [4.69, 9.17) is 0 Å². The Kier molecular flexibility index (Phi) is 4.61. The second-order valence-electron chi connectivity index (χ2n) is 6.34. The van der Waals surface area contributed by atoms with Crippen LogP contribution in [0.15, 0.2) is 60.7 Å². The lowest BCUT2D eigenvalue weighted by Gasteiger charge is -2.34. The Morgan fingerprint density at radius 1 is 0.850 bits per heavy atom. The monoisotopic (exact) mass is 267 g/mol. The largest absolute Gasteiger partial charge is 0.302 e. The zero-order chi connectivity index (χ0) is 14.6. The summed E-state index contributed by atoms with van der Waals surface area (Å²) in [5.74, 6) is 0. The highest BCUT2D eigenvalue weighted by Crippen LogP contribution is 2.35. The van der Waals surface area contributed by atoms with E-state index in [2.05, 4.69) is 93.5 Å². The van der Waals surface area contributed by atoms with Gasteiger partial charge in [0.05, 0.1) is 0 Å². The summed E-state index contributed by atoms with van der Waals surface area (Å²) in [6.45, 7) is 4.67. The minimum Gasteiger partial charge on any atom is -0.302 e. The molecule has 0 aliphatic carbocycles. The molecule has 2 aromatic rings. The molecule has 0 N–H and O–H groups in total. The third kappa shape index (κ3) is 3.49. The number of hydrogen-bond donors (Lipinski definition) is 0. The highest BCUT2D eigenvalue weighted by Gasteiger charge is 2.27. The third-order valence-corrected chi connectivity index (χ3v) is 4.07. The highest BCUT2D eigenvalue weighted by molar-refractivity contribution is 5.26. The van der Waals surface area contributed by atoms with Gasteiger partial charge in [0.2, 0.25) is 0 Å². The highest BCUT2D eigenvalue weighted by atomic mass is 15.1. The average Bonchev–Trinajstić information content (AvgIpc) is 2.46. The van der Waals surface area contributed by atoms with E-state index in [1.54, 1.807) is 0 Å². The summed E-state index contributed by atoms with van der Waals surface area (Å²) < 4.78 is 0. The molecule has 0 amide bonds. The van der Waals surface area contributed by atoms with Gasteiger partial charge in [-0.2, -0.15) is 0 Å². The quantitative estimate of drug-likeness (QED) is 0.761. The van der Waals surface area contributed by atoms with E-state index >= 15 is 0 Å². The van der Waals surface area contributed by atoms with Crippen LogP contribution in [0, 0.1) is 0 Å². The molecule has 106 valence electrons. The Bertz CT molecular complexity index is 514. The normalized spacial score (nSPS) is 13.4. The van der Waals surface area contributed by atoms with Gasteiger partial charge in [0, 0.05) is 6.04 Å². The Hall–Kier alpha value is -1.60. The molecule has 0 aliphatic rings. The first-order valence-corrected chi connectivity index (χ1v) is 7.27. The molecule has 1 nitrogen and oxygen atoms in total. The Morgan fingerprint density at radius 2 is 1.35 bits per heavy atom. The number of rotatable bonds is 5. The zero-order valence-electron chi connectivity index (χ0n) is 13.0. The molecular formula is C19H25N. The van der Waals surface area contributed by atoms with Gasteiger partial charge >= 0.3 is 0 Å². The van der Waals surface area contributed by atoms with E-state index in [0.29, 0.717) is 6.04 Å². The van der Waals surface area contributed by atoms with Gasteiger partial charge in [-0.25, -0.2) is 0 Å². The molecule has 20 heavy (non-hydrogen) atoms. The molecule has 0 aliphatic heterocycles. The molecule has 2 rings (SSSR count). The van der Waals surface area contributed by atoms with Crippen molar-refractivity contribution in [3.05, 3.63) is 71.8 Å². The standard InChI is InChI=1S/C19H25N/c1-19(2,17-13-9-6-10-14-17)15-18(20(3)4)16-11-7-5-8-12-16/h5-14,18H,15H2,1-4H3. The molecule has 0 fully saturated rings. The predicted octanol–water partition coefficient (Wildman–Crippen LogP) is 4.66. The number of nitrogens with zero attached hydrogens (tertiary/aromatic N) is 1. The fourth-order valence-corrected chi connectivity index (χ4v) is 2.76. The van der Waals surface area contributed by atoms with Crippen LogP contribution in [0.2, 0.25) is 0 Å². The second kappa shape index (κ2) is 6.23. The summed E-state index contributed by atoms with van der Waals surface area (Å²) >= 11 is 0. The van der Waals surface area contributed by atoms with E-state index in [0.717, 1.165) is 6.42 Å². The van der Waals surface area contributed by atoms with E-state index in [9.17, 15) is 0 Å². The van der Waals surface area contributed by atoms with Gasteiger partial charge in [0.1, 0.15) is 0 Å². The molecular weight excluding hydrogens is 242 g/mol. The Morgan fingerprint density at radius 3 is 1.85 bits per heavy atom. The van der Waals surface area contributed by atoms with Crippen molar-refractivity contribution < 1.29 is 0 Å². The molecule has 0 heterocycles. The van der Waals surface area contributed by atoms with Crippen molar-refractivity contribution in [2.45, 2.75) is 31.7 Å². The minimum atomic E-state index is 0.159. The first kappa shape index (κ1) is 14.8. The lowest BCUT2D eigenvalue weighted by atomic mass is 9.77. The van der Waals surface area contributed by atoms with Crippen LogP contribution in [-0.2, 0) is 5.41 Å². The van der Waals surface area contributed by atoms with E-state index in [-0.39, 0.29) is 5.41 Å². The van der Waals surface area contributed by atoms with Crippen molar-refractivity contribution in [3.8, 4) is 0 Å². The van der Waals surface area contributed by atoms with E-state index in [1.165, 1.54) is 11.1 Å². The SMILES string of the molecule is CN(C)C(CC(C)(C)c1ccccc1)c1ccccc1. The molecule has 0 aromatic heterocycles. The van der Waals surface area contributed by atoms with Crippen molar-refractivity contribution in [2.24, 2.45) is 0 Å². The summed E-state index contributed by atoms with van der Waals surface area (Å²) in [6.07, 6.45) is 1.11. The second-order valence-corrected chi connectivity index (χ2v) is 6.34. The molecule has 0 spiro atoms. The van der Waals surface area contributed by atoms with Gasteiger partial charge < -0.3 is 4.90 Å². The van der Waals surface area contributed by atoms with Crippen LogP contribution in [0.5, 0.6) is 0 Å². The van der Waals surface area contributed by atoms with E-state index < -0.39 is 0 Å². The maximum Gasteiger partial charge on any atom is 0.0350 e. The summed E-state index contributed by atoms with van der Waals surface area (Å²) in [5.41, 5.74) is 2.95. The average molecular weight is 267 g/mol. The Labute approximate surface area is 123 Å². The van der Waals surface area contributed by atoms with Crippen LogP contribution in [-0.4, -0.2) is 19.0 Å². The maximum absolute atomic E-state index is 2.34. The van der Waals surface area contributed by atoms with Gasteiger partial charge in [-0.15, -0.1) is 0 Å². The molecule has 1 atom stereocenters. The number of benzene rings is 2. The van der Waals surface area contributed by atoms with Crippen LogP contribution in [0.3, 0.4) is 0 Å². The van der Waals surface area contributed by atoms with Crippen molar-refractivity contribution in [2.75, 3.05) is 14.1 Å². The maximum atomic E-state index is 2.34. The topological polar surface area (TPSA) is 3.24 Å². The fourth-order valence-electron chi connectivity index (χ4n) is 2.76. The van der Waals surface area contributed by atoms with Gasteiger partial charge in [0.25, 0.3) is 0 Å². The molecule has 0 bridgehead atoms. The summed E-state index contributed by atoms with van der Waals surface area (Å²) in [4.78, 5) is 2.32. The van der Waals surface area contributed by atoms with Gasteiger partial charge in [-0.1, -0.05) is 74.5 Å². The summed E-state index contributed by atoms with van der Waals surface area (Å²) in [6, 6.07) is 22.0. The lowest BCUT2D eigenvalue weighted by Crippen LogP contribution is -2.28. The van der Waals surface area contributed by atoms with Crippen molar-refractivity contribution in [3.63, 3.8) is 0 Å². The van der Waals surface area contributed by atoms with Gasteiger partial charge in [-0.05, 0) is 37.1 Å². The van der Waals surface area contributed by atoms with Gasteiger partial charge in [-0.3, -0.25) is 0 Å². The smallest absolute Gasteiger partial charge is 0.0350 e. The summed E-state index contributed by atoms with van der Waals surface area (Å²) in [7, 11) is 4.33. The van der Waals surface area contributed by atoms with Crippen LogP contribution in [0.4, 0.5) is 0 Å². The van der Waals surface area contributed by atoms with Crippen molar-refractivity contribution in [1.82, 2.24) is 4.90 Å². The molecule has 1 unspecified atom stereocenters. The molecule has 0 saturated carbocycles. The number of hydrogen-bond acceptors (Lipinski definition) is 1. The molecule has 2 aromatic carbocycles. The summed E-state index contributed by atoms with van der Waals surface area (Å²) in [5, 5.41) is 0. The molecule has 1 heteroatoms. The predicted molar refractivity (Wildman–Crippen MR) is 87.0 cm³/mol. The lowest BCUT2D eigenvalue weighted by molar-refractivity contribution is 0.241. The molecule has 0 radical (unpaired) electrons. The van der Waals surface area contributed by atoms with Crippen molar-refractivity contribution in [1.29, 1.82) is 0 Å².